The van der Waals surface area contributed by atoms with Crippen molar-refractivity contribution in [3.63, 3.8) is 0 Å². The van der Waals surface area contributed by atoms with E-state index < -0.39 is 28.1 Å². The molecule has 8 heteroatoms. The maximum atomic E-state index is 10.9. The molecule has 0 fully saturated rings. The van der Waals surface area contributed by atoms with E-state index in [1.165, 1.54) is 13.0 Å². The maximum absolute atomic E-state index is 10.9. The molecule has 0 aromatic heterocycles. The van der Waals surface area contributed by atoms with Crippen LogP contribution in [0.4, 0.5) is 11.4 Å². The average Bonchev–Trinajstić information content (AvgIpc) is 2.19. The molecule has 0 heterocycles. The highest BCUT2D eigenvalue weighted by atomic mass is 79.9. The fourth-order valence-electron chi connectivity index (χ4n) is 1.21. The number of hydrogen-bond donors (Lipinski definition) is 2. The highest BCUT2D eigenvalue weighted by molar-refractivity contribution is 9.10. The van der Waals surface area contributed by atoms with Crippen LogP contribution in [0.3, 0.4) is 0 Å². The lowest BCUT2D eigenvalue weighted by Gasteiger charge is -2.07. The number of carbonyl (C=O) groups is 2. The summed E-state index contributed by atoms with van der Waals surface area (Å²) in [6.45, 7) is 1.24. The van der Waals surface area contributed by atoms with Gasteiger partial charge >= 0.3 is 5.97 Å². The first kappa shape index (κ1) is 13.1. The molecule has 1 rings (SSSR count). The van der Waals surface area contributed by atoms with Crippen molar-refractivity contribution in [1.82, 2.24) is 0 Å². The molecule has 0 spiro atoms. The lowest BCUT2D eigenvalue weighted by atomic mass is 10.1. The summed E-state index contributed by atoms with van der Waals surface area (Å²) in [5, 5.41) is 21.9. The molecule has 0 aliphatic rings. The van der Waals surface area contributed by atoms with Gasteiger partial charge in [0.15, 0.2) is 5.56 Å². The summed E-state index contributed by atoms with van der Waals surface area (Å²) < 4.78 is -0.0330. The van der Waals surface area contributed by atoms with E-state index in [4.69, 9.17) is 5.11 Å². The Labute approximate surface area is 104 Å². The van der Waals surface area contributed by atoms with Crippen LogP contribution in [0.1, 0.15) is 17.3 Å². The molecule has 0 saturated heterocycles. The Kier molecular flexibility index (Phi) is 3.79. The first-order chi connectivity index (χ1) is 7.84. The zero-order valence-electron chi connectivity index (χ0n) is 8.56. The second-order valence-electron chi connectivity index (χ2n) is 3.06. The summed E-state index contributed by atoms with van der Waals surface area (Å²) in [6, 6.07) is 2.29. The summed E-state index contributed by atoms with van der Waals surface area (Å²) in [5.74, 6) is -1.85. The number of carboxylic acids is 1. The van der Waals surface area contributed by atoms with E-state index in [-0.39, 0.29) is 10.2 Å². The van der Waals surface area contributed by atoms with Crippen LogP contribution in [0.2, 0.25) is 0 Å². The van der Waals surface area contributed by atoms with Gasteiger partial charge in [0.05, 0.1) is 15.1 Å². The van der Waals surface area contributed by atoms with Gasteiger partial charge in [0.25, 0.3) is 5.69 Å². The summed E-state index contributed by atoms with van der Waals surface area (Å²) in [5.41, 5.74) is -0.875. The highest BCUT2D eigenvalue weighted by Gasteiger charge is 2.25. The molecule has 7 nitrogen and oxygen atoms in total. The van der Waals surface area contributed by atoms with Gasteiger partial charge in [0, 0.05) is 13.0 Å². The summed E-state index contributed by atoms with van der Waals surface area (Å²) >= 11 is 2.93. The molecule has 0 unspecified atom stereocenters. The van der Waals surface area contributed by atoms with Crippen LogP contribution in [0.25, 0.3) is 0 Å². The summed E-state index contributed by atoms with van der Waals surface area (Å²) in [6.07, 6.45) is 0. The normalized spacial score (nSPS) is 9.76. The van der Waals surface area contributed by atoms with Crippen molar-refractivity contribution in [2.24, 2.45) is 0 Å². The van der Waals surface area contributed by atoms with Crippen molar-refractivity contribution in [2.75, 3.05) is 5.32 Å². The second-order valence-corrected chi connectivity index (χ2v) is 3.86. The van der Waals surface area contributed by atoms with Gasteiger partial charge in [-0.15, -0.1) is 0 Å². The van der Waals surface area contributed by atoms with Crippen molar-refractivity contribution in [3.05, 3.63) is 32.3 Å². The van der Waals surface area contributed by atoms with Crippen LogP contribution in [-0.2, 0) is 4.79 Å². The Bertz CT molecular complexity index is 514. The molecule has 0 radical (unpaired) electrons. The van der Waals surface area contributed by atoms with Crippen LogP contribution >= 0.6 is 15.9 Å². The van der Waals surface area contributed by atoms with E-state index in [9.17, 15) is 19.7 Å². The Morgan fingerprint density at radius 1 is 1.47 bits per heavy atom. The van der Waals surface area contributed by atoms with E-state index in [0.29, 0.717) is 0 Å². The topological polar surface area (TPSA) is 110 Å². The van der Waals surface area contributed by atoms with Crippen LogP contribution in [0.5, 0.6) is 0 Å². The van der Waals surface area contributed by atoms with Gasteiger partial charge in [-0.2, -0.15) is 0 Å². The fourth-order valence-corrected chi connectivity index (χ4v) is 1.81. The Balaban J connectivity index is 3.43. The van der Waals surface area contributed by atoms with Gasteiger partial charge in [0.1, 0.15) is 0 Å². The zero-order chi connectivity index (χ0) is 13.2. The first-order valence-corrected chi connectivity index (χ1v) is 5.11. The molecule has 0 saturated carbocycles. The van der Waals surface area contributed by atoms with Crippen molar-refractivity contribution in [2.45, 2.75) is 6.92 Å². The molecular formula is C9H7BrN2O5. The minimum absolute atomic E-state index is 0.0330. The van der Waals surface area contributed by atoms with E-state index in [1.54, 1.807) is 0 Å². The van der Waals surface area contributed by atoms with Gasteiger partial charge in [-0.1, -0.05) is 0 Å². The molecule has 1 aromatic carbocycles. The number of nitrogens with zero attached hydrogens (tertiary/aromatic N) is 1. The molecule has 0 aliphatic heterocycles. The number of nitro benzene ring substituents is 1. The number of carbonyl (C=O) groups excluding carboxylic acids is 1. The monoisotopic (exact) mass is 302 g/mol. The van der Waals surface area contributed by atoms with Crippen molar-refractivity contribution in [3.8, 4) is 0 Å². The van der Waals surface area contributed by atoms with Crippen LogP contribution < -0.4 is 5.32 Å². The van der Waals surface area contributed by atoms with Gasteiger partial charge < -0.3 is 10.4 Å². The van der Waals surface area contributed by atoms with Crippen LogP contribution in [0.15, 0.2) is 16.6 Å². The first-order valence-electron chi connectivity index (χ1n) is 4.32. The Morgan fingerprint density at radius 3 is 2.47 bits per heavy atom. The minimum atomic E-state index is -1.45. The number of nitrogens with one attached hydrogen (secondary N) is 1. The van der Waals surface area contributed by atoms with Gasteiger partial charge in [-0.05, 0) is 22.0 Å². The van der Waals surface area contributed by atoms with Gasteiger partial charge in [0.2, 0.25) is 5.91 Å². The molecule has 17 heavy (non-hydrogen) atoms. The second kappa shape index (κ2) is 4.91. The molecule has 90 valence electrons. The van der Waals surface area contributed by atoms with E-state index in [0.717, 1.165) is 6.07 Å². The minimum Gasteiger partial charge on any atom is -0.477 e. The summed E-state index contributed by atoms with van der Waals surface area (Å²) in [4.78, 5) is 31.6. The maximum Gasteiger partial charge on any atom is 0.343 e. The van der Waals surface area contributed by atoms with Gasteiger partial charge in [-0.3, -0.25) is 14.9 Å². The third-order valence-electron chi connectivity index (χ3n) is 1.84. The molecule has 1 aromatic rings. The fraction of sp³-hybridized carbons (Fsp3) is 0.111. The lowest BCUT2D eigenvalue weighted by molar-refractivity contribution is -0.385. The Morgan fingerprint density at radius 2 is 2.06 bits per heavy atom. The number of hydrogen-bond acceptors (Lipinski definition) is 4. The van der Waals surface area contributed by atoms with Crippen molar-refractivity contribution in [1.29, 1.82) is 0 Å². The van der Waals surface area contributed by atoms with E-state index in [2.05, 4.69) is 21.2 Å². The van der Waals surface area contributed by atoms with E-state index >= 15 is 0 Å². The molecule has 0 aliphatic carbocycles. The quantitative estimate of drug-likeness (QED) is 0.655. The standard InChI is InChI=1S/C9H7BrN2O5/c1-4(13)11-5-2-3-6(12(16)17)7(8(5)10)9(14)15/h2-3H,1H3,(H,11,13)(H,14,15). The number of nitro groups is 1. The molecule has 1 amide bonds. The van der Waals surface area contributed by atoms with Crippen molar-refractivity contribution < 1.29 is 19.6 Å². The van der Waals surface area contributed by atoms with Crippen molar-refractivity contribution >= 4 is 39.2 Å². The molecule has 0 bridgehead atoms. The van der Waals surface area contributed by atoms with E-state index in [1.807, 2.05) is 0 Å². The zero-order valence-corrected chi connectivity index (χ0v) is 10.1. The predicted molar refractivity (Wildman–Crippen MR) is 62.1 cm³/mol. The largest absolute Gasteiger partial charge is 0.477 e. The van der Waals surface area contributed by atoms with Crippen LogP contribution in [-0.4, -0.2) is 21.9 Å². The number of benzene rings is 1. The SMILES string of the molecule is CC(=O)Nc1ccc([N+](=O)[O-])c(C(=O)O)c1Br. The number of halogens is 1. The number of carboxylic acid groups (broad SMARTS) is 1. The number of aromatic carboxylic acids is 1. The lowest BCUT2D eigenvalue weighted by Crippen LogP contribution is -2.10. The third-order valence-corrected chi connectivity index (χ3v) is 2.66. The third kappa shape index (κ3) is 2.78. The molecule has 0 atom stereocenters. The average molecular weight is 303 g/mol. The van der Waals surface area contributed by atoms with Gasteiger partial charge in [-0.25, -0.2) is 4.79 Å². The molecular weight excluding hydrogens is 296 g/mol. The summed E-state index contributed by atoms with van der Waals surface area (Å²) in [7, 11) is 0. The van der Waals surface area contributed by atoms with Crippen LogP contribution in [0, 0.1) is 10.1 Å². The number of rotatable bonds is 3. The number of anilines is 1. The Hall–Kier alpha value is -1.96. The highest BCUT2D eigenvalue weighted by Crippen LogP contribution is 2.33. The predicted octanol–water partition coefficient (Wildman–Crippen LogP) is 2.01. The smallest absolute Gasteiger partial charge is 0.343 e. The molecule has 2 N–H and O–H groups in total. The number of amides is 1.